The van der Waals surface area contributed by atoms with E-state index in [9.17, 15) is 4.79 Å². The highest BCUT2D eigenvalue weighted by atomic mass is 16.6. The number of primary amides is 1. The third-order valence-electron chi connectivity index (χ3n) is 3.29. The Kier molecular flexibility index (Phi) is 2.42. The number of carbonyl (C=O) groups is 1. The summed E-state index contributed by atoms with van der Waals surface area (Å²) in [6.07, 6.45) is 6.82. The number of ether oxygens (including phenoxy) is 1. The van der Waals surface area contributed by atoms with Crippen LogP contribution in [-0.4, -0.2) is 12.2 Å². The number of hydrogen-bond acceptors (Lipinski definition) is 2. The van der Waals surface area contributed by atoms with Gasteiger partial charge in [-0.2, -0.15) is 0 Å². The Morgan fingerprint density at radius 3 is 1.85 bits per heavy atom. The number of nitrogens with two attached hydrogens (primary N) is 1. The maximum atomic E-state index is 10.5. The van der Waals surface area contributed by atoms with Gasteiger partial charge in [-0.1, -0.05) is 0 Å². The molecule has 0 aromatic rings. The quantitative estimate of drug-likeness (QED) is 0.712. The summed E-state index contributed by atoms with van der Waals surface area (Å²) in [5.41, 5.74) is 4.97. The van der Waals surface area contributed by atoms with Gasteiger partial charge < -0.3 is 10.5 Å². The Morgan fingerprint density at radius 1 is 1.00 bits per heavy atom. The third kappa shape index (κ3) is 2.36. The lowest BCUT2D eigenvalue weighted by Gasteiger charge is -2.27. The van der Waals surface area contributed by atoms with Crippen LogP contribution in [0.2, 0.25) is 0 Å². The van der Waals surface area contributed by atoms with E-state index in [1.165, 1.54) is 25.7 Å². The average Bonchev–Trinajstić information content (AvgIpc) is 2.87. The molecule has 2 aliphatic rings. The number of amides is 1. The zero-order chi connectivity index (χ0) is 9.26. The predicted molar refractivity (Wildman–Crippen MR) is 49.1 cm³/mol. The Hall–Kier alpha value is -0.730. The van der Waals surface area contributed by atoms with Crippen molar-refractivity contribution in [1.82, 2.24) is 0 Å². The fourth-order valence-corrected chi connectivity index (χ4v) is 2.41. The highest BCUT2D eigenvalue weighted by Gasteiger charge is 2.34. The van der Waals surface area contributed by atoms with E-state index in [0.717, 1.165) is 24.7 Å². The zero-order valence-electron chi connectivity index (χ0n) is 7.87. The maximum absolute atomic E-state index is 10.5. The van der Waals surface area contributed by atoms with Crippen molar-refractivity contribution in [2.75, 3.05) is 0 Å². The summed E-state index contributed by atoms with van der Waals surface area (Å²) in [5.74, 6) is 1.90. The molecule has 0 spiro atoms. The van der Waals surface area contributed by atoms with Crippen LogP contribution < -0.4 is 5.73 Å². The highest BCUT2D eigenvalue weighted by Crippen LogP contribution is 2.44. The van der Waals surface area contributed by atoms with Crippen LogP contribution in [0.15, 0.2) is 0 Å². The molecule has 2 rings (SSSR count). The van der Waals surface area contributed by atoms with Crippen LogP contribution >= 0.6 is 0 Å². The van der Waals surface area contributed by atoms with Gasteiger partial charge in [-0.15, -0.1) is 0 Å². The standard InChI is InChI=1S/C10H17NO2/c11-10(12)13-9-5-3-8(4-6-9)7-1-2-7/h7-9H,1-6H2,(H2,11,12). The topological polar surface area (TPSA) is 52.3 Å². The van der Waals surface area contributed by atoms with E-state index >= 15 is 0 Å². The van der Waals surface area contributed by atoms with Crippen molar-refractivity contribution in [3.05, 3.63) is 0 Å². The summed E-state index contributed by atoms with van der Waals surface area (Å²) in [5, 5.41) is 0. The van der Waals surface area contributed by atoms with Gasteiger partial charge in [-0.05, 0) is 50.4 Å². The minimum Gasteiger partial charge on any atom is -0.446 e. The molecule has 74 valence electrons. The lowest BCUT2D eigenvalue weighted by Crippen LogP contribution is -2.27. The van der Waals surface area contributed by atoms with E-state index in [-0.39, 0.29) is 6.10 Å². The van der Waals surface area contributed by atoms with Gasteiger partial charge in [0, 0.05) is 0 Å². The summed E-state index contributed by atoms with van der Waals surface area (Å²) < 4.78 is 4.98. The summed E-state index contributed by atoms with van der Waals surface area (Å²) in [4.78, 5) is 10.5. The van der Waals surface area contributed by atoms with E-state index in [2.05, 4.69) is 0 Å². The highest BCUT2D eigenvalue weighted by molar-refractivity contribution is 5.64. The Morgan fingerprint density at radius 2 is 1.46 bits per heavy atom. The molecule has 0 saturated heterocycles. The van der Waals surface area contributed by atoms with Gasteiger partial charge in [0.15, 0.2) is 0 Å². The molecule has 3 nitrogen and oxygen atoms in total. The second kappa shape index (κ2) is 3.56. The minimum atomic E-state index is -0.616. The molecule has 2 saturated carbocycles. The molecule has 1 amide bonds. The summed E-state index contributed by atoms with van der Waals surface area (Å²) in [6, 6.07) is 0. The van der Waals surface area contributed by atoms with Crippen LogP contribution in [-0.2, 0) is 4.74 Å². The Balaban J connectivity index is 1.72. The van der Waals surface area contributed by atoms with Crippen molar-refractivity contribution in [2.45, 2.75) is 44.6 Å². The van der Waals surface area contributed by atoms with E-state index in [4.69, 9.17) is 10.5 Å². The molecule has 0 heterocycles. The predicted octanol–water partition coefficient (Wildman–Crippen LogP) is 2.05. The molecular formula is C10H17NO2. The van der Waals surface area contributed by atoms with E-state index in [1.54, 1.807) is 0 Å². The smallest absolute Gasteiger partial charge is 0.404 e. The fraction of sp³-hybridized carbons (Fsp3) is 0.900. The van der Waals surface area contributed by atoms with Gasteiger partial charge in [-0.25, -0.2) is 4.79 Å². The van der Waals surface area contributed by atoms with Crippen LogP contribution in [0.5, 0.6) is 0 Å². The first-order valence-electron chi connectivity index (χ1n) is 5.22. The second-order valence-electron chi connectivity index (χ2n) is 4.31. The van der Waals surface area contributed by atoms with Gasteiger partial charge in [0.25, 0.3) is 0 Å². The largest absolute Gasteiger partial charge is 0.446 e. The minimum absolute atomic E-state index is 0.104. The summed E-state index contributed by atoms with van der Waals surface area (Å²) in [7, 11) is 0. The van der Waals surface area contributed by atoms with Gasteiger partial charge in [0.1, 0.15) is 6.10 Å². The normalized spacial score (nSPS) is 34.2. The zero-order valence-corrected chi connectivity index (χ0v) is 7.87. The molecule has 0 unspecified atom stereocenters. The molecule has 0 aromatic heterocycles. The van der Waals surface area contributed by atoms with Crippen molar-refractivity contribution < 1.29 is 9.53 Å². The lowest BCUT2D eigenvalue weighted by atomic mass is 9.84. The van der Waals surface area contributed by atoms with Crippen LogP contribution in [0.4, 0.5) is 4.79 Å². The third-order valence-corrected chi connectivity index (χ3v) is 3.29. The van der Waals surface area contributed by atoms with Crippen molar-refractivity contribution >= 4 is 6.09 Å². The molecule has 0 radical (unpaired) electrons. The second-order valence-corrected chi connectivity index (χ2v) is 4.31. The van der Waals surface area contributed by atoms with Crippen molar-refractivity contribution in [1.29, 1.82) is 0 Å². The first-order chi connectivity index (χ1) is 6.25. The summed E-state index contributed by atoms with van der Waals surface area (Å²) >= 11 is 0. The van der Waals surface area contributed by atoms with Crippen LogP contribution in [0.3, 0.4) is 0 Å². The molecule has 3 heteroatoms. The first kappa shape index (κ1) is 8.85. The molecule has 0 bridgehead atoms. The molecule has 2 aliphatic carbocycles. The van der Waals surface area contributed by atoms with Gasteiger partial charge in [0.05, 0.1) is 0 Å². The number of hydrogen-bond donors (Lipinski definition) is 1. The van der Waals surface area contributed by atoms with E-state index < -0.39 is 6.09 Å². The van der Waals surface area contributed by atoms with Gasteiger partial charge in [0.2, 0.25) is 0 Å². The molecule has 2 N–H and O–H groups in total. The molecular weight excluding hydrogens is 166 g/mol. The average molecular weight is 183 g/mol. The van der Waals surface area contributed by atoms with Crippen molar-refractivity contribution in [2.24, 2.45) is 17.6 Å². The molecule has 13 heavy (non-hydrogen) atoms. The fourth-order valence-electron chi connectivity index (χ4n) is 2.41. The van der Waals surface area contributed by atoms with Gasteiger partial charge >= 0.3 is 6.09 Å². The van der Waals surface area contributed by atoms with E-state index in [0.29, 0.717) is 0 Å². The molecule has 0 aromatic carbocycles. The van der Waals surface area contributed by atoms with Crippen LogP contribution in [0, 0.1) is 11.8 Å². The molecule has 0 aliphatic heterocycles. The Labute approximate surface area is 78.6 Å². The molecule has 0 atom stereocenters. The summed E-state index contributed by atoms with van der Waals surface area (Å²) in [6.45, 7) is 0. The monoisotopic (exact) mass is 183 g/mol. The SMILES string of the molecule is NC(=O)OC1CCC(C2CC2)CC1. The number of carbonyl (C=O) groups excluding carboxylic acids is 1. The maximum Gasteiger partial charge on any atom is 0.404 e. The number of rotatable bonds is 2. The van der Waals surface area contributed by atoms with Crippen LogP contribution in [0.25, 0.3) is 0 Å². The van der Waals surface area contributed by atoms with E-state index in [1.807, 2.05) is 0 Å². The molecule has 2 fully saturated rings. The van der Waals surface area contributed by atoms with Crippen LogP contribution in [0.1, 0.15) is 38.5 Å². The lowest BCUT2D eigenvalue weighted by molar-refractivity contribution is 0.0681. The first-order valence-corrected chi connectivity index (χ1v) is 5.22. The van der Waals surface area contributed by atoms with Crippen molar-refractivity contribution in [3.63, 3.8) is 0 Å². The van der Waals surface area contributed by atoms with Crippen molar-refractivity contribution in [3.8, 4) is 0 Å². The Bertz CT molecular complexity index is 193. The van der Waals surface area contributed by atoms with Gasteiger partial charge in [-0.3, -0.25) is 0 Å².